The van der Waals surface area contributed by atoms with Crippen LogP contribution in [-0.2, 0) is 10.0 Å². The summed E-state index contributed by atoms with van der Waals surface area (Å²) in [4.78, 5) is 4.52. The largest absolute Gasteiger partial charge is 0.330 e. The third-order valence-electron chi connectivity index (χ3n) is 3.18. The van der Waals surface area contributed by atoms with Crippen LogP contribution in [0.2, 0.25) is 0 Å². The molecule has 0 fully saturated rings. The van der Waals surface area contributed by atoms with Crippen LogP contribution in [0.25, 0.3) is 10.9 Å². The molecule has 6 heteroatoms. The van der Waals surface area contributed by atoms with Gasteiger partial charge in [-0.25, -0.2) is 13.1 Å². The average Bonchev–Trinajstić information content (AvgIpc) is 2.38. The molecule has 3 N–H and O–H groups in total. The summed E-state index contributed by atoms with van der Waals surface area (Å²) < 4.78 is 27.6. The first-order valence-electron chi connectivity index (χ1n) is 6.52. The SMILES string of the molecule is Cc1ccc(S(=O)(=O)NC(C)CCN)c2cccnc12. The Hall–Kier alpha value is -1.50. The van der Waals surface area contributed by atoms with E-state index in [0.717, 1.165) is 5.56 Å². The van der Waals surface area contributed by atoms with Crippen LogP contribution in [0.5, 0.6) is 0 Å². The van der Waals surface area contributed by atoms with Gasteiger partial charge in [-0.1, -0.05) is 6.07 Å². The van der Waals surface area contributed by atoms with Crippen molar-refractivity contribution in [3.63, 3.8) is 0 Å². The zero-order chi connectivity index (χ0) is 14.8. The predicted octanol–water partition coefficient (Wildman–Crippen LogP) is 1.56. The highest BCUT2D eigenvalue weighted by molar-refractivity contribution is 7.89. The molecule has 0 aliphatic carbocycles. The van der Waals surface area contributed by atoms with Crippen molar-refractivity contribution >= 4 is 20.9 Å². The second-order valence-electron chi connectivity index (χ2n) is 4.88. The van der Waals surface area contributed by atoms with E-state index in [1.54, 1.807) is 37.4 Å². The third-order valence-corrected chi connectivity index (χ3v) is 4.82. The summed E-state index contributed by atoms with van der Waals surface area (Å²) in [5.74, 6) is 0. The first-order valence-corrected chi connectivity index (χ1v) is 8.01. The quantitative estimate of drug-likeness (QED) is 0.876. The molecule has 0 spiro atoms. The minimum absolute atomic E-state index is 0.196. The van der Waals surface area contributed by atoms with Crippen LogP contribution in [0.3, 0.4) is 0 Å². The number of benzene rings is 1. The molecule has 1 aromatic carbocycles. The number of nitrogens with two attached hydrogens (primary N) is 1. The van der Waals surface area contributed by atoms with Gasteiger partial charge in [-0.3, -0.25) is 4.98 Å². The fourth-order valence-electron chi connectivity index (χ4n) is 2.16. The number of aromatic nitrogens is 1. The first kappa shape index (κ1) is 14.9. The summed E-state index contributed by atoms with van der Waals surface area (Å²) in [6.45, 7) is 4.16. The lowest BCUT2D eigenvalue weighted by atomic mass is 10.1. The monoisotopic (exact) mass is 293 g/mol. The maximum atomic E-state index is 12.5. The molecule has 108 valence electrons. The number of nitrogens with zero attached hydrogens (tertiary/aromatic N) is 1. The van der Waals surface area contributed by atoms with Gasteiger partial charge in [0, 0.05) is 17.6 Å². The number of sulfonamides is 1. The highest BCUT2D eigenvalue weighted by Gasteiger charge is 2.20. The lowest BCUT2D eigenvalue weighted by Gasteiger charge is -2.15. The number of nitrogens with one attached hydrogen (secondary N) is 1. The molecule has 0 radical (unpaired) electrons. The second kappa shape index (κ2) is 5.87. The molecule has 1 atom stereocenters. The molecule has 1 heterocycles. The fourth-order valence-corrected chi connectivity index (χ4v) is 3.64. The van der Waals surface area contributed by atoms with Gasteiger partial charge in [0.25, 0.3) is 0 Å². The Labute approximate surface area is 119 Å². The smallest absolute Gasteiger partial charge is 0.241 e. The Bertz CT molecular complexity index is 713. The van der Waals surface area contributed by atoms with Crippen molar-refractivity contribution in [1.82, 2.24) is 9.71 Å². The van der Waals surface area contributed by atoms with Crippen LogP contribution in [0.4, 0.5) is 0 Å². The van der Waals surface area contributed by atoms with Crippen LogP contribution >= 0.6 is 0 Å². The van der Waals surface area contributed by atoms with Crippen molar-refractivity contribution < 1.29 is 8.42 Å². The number of rotatable bonds is 5. The van der Waals surface area contributed by atoms with Crippen LogP contribution in [0.1, 0.15) is 18.9 Å². The van der Waals surface area contributed by atoms with Gasteiger partial charge in [0.15, 0.2) is 0 Å². The van der Waals surface area contributed by atoms with Crippen molar-refractivity contribution in [2.75, 3.05) is 6.54 Å². The highest BCUT2D eigenvalue weighted by Crippen LogP contribution is 2.24. The van der Waals surface area contributed by atoms with E-state index >= 15 is 0 Å². The molecule has 0 aliphatic heterocycles. The van der Waals surface area contributed by atoms with E-state index in [9.17, 15) is 8.42 Å². The lowest BCUT2D eigenvalue weighted by Crippen LogP contribution is -2.34. The summed E-state index contributed by atoms with van der Waals surface area (Å²) >= 11 is 0. The molecule has 0 saturated carbocycles. The lowest BCUT2D eigenvalue weighted by molar-refractivity contribution is 0.550. The van der Waals surface area contributed by atoms with Gasteiger partial charge < -0.3 is 5.73 Å². The molecular weight excluding hydrogens is 274 g/mol. The van der Waals surface area contributed by atoms with E-state index in [1.807, 2.05) is 6.92 Å². The molecule has 0 aliphatic rings. The Morgan fingerprint density at radius 2 is 2.10 bits per heavy atom. The van der Waals surface area contributed by atoms with Crippen LogP contribution < -0.4 is 10.5 Å². The minimum Gasteiger partial charge on any atom is -0.330 e. The number of hydrogen-bond acceptors (Lipinski definition) is 4. The maximum Gasteiger partial charge on any atom is 0.241 e. The zero-order valence-electron chi connectivity index (χ0n) is 11.6. The summed E-state index contributed by atoms with van der Waals surface area (Å²) in [6, 6.07) is 6.72. The van der Waals surface area contributed by atoms with Crippen molar-refractivity contribution in [3.8, 4) is 0 Å². The van der Waals surface area contributed by atoms with Crippen LogP contribution in [0, 0.1) is 6.92 Å². The summed E-state index contributed by atoms with van der Waals surface area (Å²) in [5.41, 5.74) is 7.12. The molecule has 2 rings (SSSR count). The Morgan fingerprint density at radius 1 is 1.35 bits per heavy atom. The zero-order valence-corrected chi connectivity index (χ0v) is 12.4. The number of hydrogen-bond donors (Lipinski definition) is 2. The second-order valence-corrected chi connectivity index (χ2v) is 6.56. The van der Waals surface area contributed by atoms with Crippen molar-refractivity contribution in [1.29, 1.82) is 0 Å². The van der Waals surface area contributed by atoms with Gasteiger partial charge in [-0.15, -0.1) is 0 Å². The summed E-state index contributed by atoms with van der Waals surface area (Å²) in [6.07, 6.45) is 2.26. The summed E-state index contributed by atoms with van der Waals surface area (Å²) in [7, 11) is -3.57. The Morgan fingerprint density at radius 3 is 2.80 bits per heavy atom. The van der Waals surface area contributed by atoms with Gasteiger partial charge in [-0.05, 0) is 50.6 Å². The van der Waals surface area contributed by atoms with E-state index in [4.69, 9.17) is 5.73 Å². The molecular formula is C14H19N3O2S. The molecule has 2 aromatic rings. The molecule has 5 nitrogen and oxygen atoms in total. The molecule has 20 heavy (non-hydrogen) atoms. The third kappa shape index (κ3) is 2.98. The normalized spacial score (nSPS) is 13.6. The molecule has 1 unspecified atom stereocenters. The number of aryl methyl sites for hydroxylation is 1. The van der Waals surface area contributed by atoms with E-state index in [2.05, 4.69) is 9.71 Å². The topological polar surface area (TPSA) is 85.1 Å². The molecule has 0 bridgehead atoms. The van der Waals surface area contributed by atoms with Crippen LogP contribution in [0.15, 0.2) is 35.4 Å². The Balaban J connectivity index is 2.50. The van der Waals surface area contributed by atoms with Gasteiger partial charge >= 0.3 is 0 Å². The minimum atomic E-state index is -3.57. The van der Waals surface area contributed by atoms with Crippen molar-refractivity contribution in [3.05, 3.63) is 36.0 Å². The van der Waals surface area contributed by atoms with E-state index in [1.165, 1.54) is 0 Å². The molecule has 1 aromatic heterocycles. The molecule has 0 amide bonds. The van der Waals surface area contributed by atoms with Gasteiger partial charge in [0.2, 0.25) is 10.0 Å². The summed E-state index contributed by atoms with van der Waals surface area (Å²) in [5, 5.41) is 0.639. The van der Waals surface area contributed by atoms with E-state index < -0.39 is 10.0 Å². The highest BCUT2D eigenvalue weighted by atomic mass is 32.2. The fraction of sp³-hybridized carbons (Fsp3) is 0.357. The van der Waals surface area contributed by atoms with Crippen molar-refractivity contribution in [2.45, 2.75) is 31.2 Å². The maximum absolute atomic E-state index is 12.5. The van der Waals surface area contributed by atoms with E-state index in [-0.39, 0.29) is 10.9 Å². The average molecular weight is 293 g/mol. The van der Waals surface area contributed by atoms with Crippen LogP contribution in [-0.4, -0.2) is 26.0 Å². The van der Waals surface area contributed by atoms with Gasteiger partial charge in [-0.2, -0.15) is 0 Å². The number of pyridine rings is 1. The Kier molecular flexibility index (Phi) is 4.37. The molecule has 0 saturated heterocycles. The van der Waals surface area contributed by atoms with E-state index in [0.29, 0.717) is 23.9 Å². The van der Waals surface area contributed by atoms with Crippen molar-refractivity contribution in [2.24, 2.45) is 5.73 Å². The van der Waals surface area contributed by atoms with Gasteiger partial charge in [0.05, 0.1) is 10.4 Å². The first-order chi connectivity index (χ1) is 9.45. The predicted molar refractivity (Wildman–Crippen MR) is 79.9 cm³/mol. The number of fused-ring (bicyclic) bond motifs is 1. The van der Waals surface area contributed by atoms with Gasteiger partial charge in [0.1, 0.15) is 0 Å². The standard InChI is InChI=1S/C14H19N3O2S/c1-10-5-6-13(12-4-3-9-16-14(10)12)20(18,19)17-11(2)7-8-15/h3-6,9,11,17H,7-8,15H2,1-2H3.